The molecule has 0 saturated carbocycles. The Morgan fingerprint density at radius 1 is 1.03 bits per heavy atom. The molecule has 3 aliphatic heterocycles. The number of fused-ring (bicyclic) bond motifs is 1. The first kappa shape index (κ1) is 21.3. The largest absolute Gasteiger partial charge is 0.378 e. The Morgan fingerprint density at radius 3 is 2.40 bits per heavy atom. The summed E-state index contributed by atoms with van der Waals surface area (Å²) >= 11 is 0. The lowest BCUT2D eigenvalue weighted by Crippen LogP contribution is -2.47. The second-order valence-corrected chi connectivity index (χ2v) is 10.1. The van der Waals surface area contributed by atoms with Gasteiger partial charge in [-0.3, -0.25) is 9.59 Å². The SMILES string of the molecule is CC(=O)N1CCCc2cc(S(=O)(=O)N3CCC(C(=O)N4CCOCC4)CC3)ccc21. The molecule has 2 fully saturated rings. The maximum absolute atomic E-state index is 13.2. The number of amides is 2. The van der Waals surface area contributed by atoms with Crippen LogP contribution in [0, 0.1) is 5.92 Å². The monoisotopic (exact) mass is 435 g/mol. The first-order valence-corrected chi connectivity index (χ1v) is 12.1. The second kappa shape index (κ2) is 8.64. The van der Waals surface area contributed by atoms with Crippen LogP contribution in [0.5, 0.6) is 0 Å². The van der Waals surface area contributed by atoms with Crippen molar-refractivity contribution in [2.75, 3.05) is 50.8 Å². The van der Waals surface area contributed by atoms with Crippen molar-refractivity contribution in [3.63, 3.8) is 0 Å². The first-order chi connectivity index (χ1) is 14.4. The van der Waals surface area contributed by atoms with Crippen LogP contribution >= 0.6 is 0 Å². The predicted molar refractivity (Wildman–Crippen MR) is 112 cm³/mol. The lowest BCUT2D eigenvalue weighted by Gasteiger charge is -2.35. The van der Waals surface area contributed by atoms with Crippen LogP contribution in [0.25, 0.3) is 0 Å². The molecule has 0 radical (unpaired) electrons. The highest BCUT2D eigenvalue weighted by Crippen LogP contribution is 2.32. The van der Waals surface area contributed by atoms with E-state index >= 15 is 0 Å². The Balaban J connectivity index is 1.45. The molecule has 0 aliphatic carbocycles. The number of nitrogens with zero attached hydrogens (tertiary/aromatic N) is 3. The summed E-state index contributed by atoms with van der Waals surface area (Å²) in [7, 11) is -3.62. The molecule has 1 aromatic carbocycles. The van der Waals surface area contributed by atoms with E-state index in [-0.39, 0.29) is 22.6 Å². The van der Waals surface area contributed by atoms with Crippen molar-refractivity contribution >= 4 is 27.5 Å². The fourth-order valence-corrected chi connectivity index (χ4v) is 6.12. The summed E-state index contributed by atoms with van der Waals surface area (Å²) in [6.45, 7) is 5.25. The van der Waals surface area contributed by atoms with E-state index in [1.165, 1.54) is 11.2 Å². The van der Waals surface area contributed by atoms with Gasteiger partial charge in [0.05, 0.1) is 18.1 Å². The number of hydrogen-bond acceptors (Lipinski definition) is 5. The molecular formula is C21H29N3O5S. The molecule has 0 atom stereocenters. The van der Waals surface area contributed by atoms with Crippen molar-refractivity contribution in [1.82, 2.24) is 9.21 Å². The van der Waals surface area contributed by atoms with E-state index in [2.05, 4.69) is 0 Å². The predicted octanol–water partition coefficient (Wildman–Crippen LogP) is 1.25. The topological polar surface area (TPSA) is 87.2 Å². The highest BCUT2D eigenvalue weighted by Gasteiger charge is 2.34. The summed E-state index contributed by atoms with van der Waals surface area (Å²) in [6.07, 6.45) is 2.67. The smallest absolute Gasteiger partial charge is 0.243 e. The van der Waals surface area contributed by atoms with Gasteiger partial charge in [0.25, 0.3) is 0 Å². The third-order valence-electron chi connectivity index (χ3n) is 6.31. The third kappa shape index (κ3) is 4.10. The fraction of sp³-hybridized carbons (Fsp3) is 0.619. The number of morpholine rings is 1. The van der Waals surface area contributed by atoms with Gasteiger partial charge in [0.2, 0.25) is 21.8 Å². The van der Waals surface area contributed by atoms with Gasteiger partial charge in [-0.25, -0.2) is 8.42 Å². The lowest BCUT2D eigenvalue weighted by molar-refractivity contribution is -0.140. The van der Waals surface area contributed by atoms with Crippen LogP contribution < -0.4 is 4.90 Å². The summed E-state index contributed by atoms with van der Waals surface area (Å²) < 4.78 is 33.2. The molecule has 0 unspecified atom stereocenters. The van der Waals surface area contributed by atoms with E-state index in [0.717, 1.165) is 24.1 Å². The van der Waals surface area contributed by atoms with Gasteiger partial charge in [0.15, 0.2) is 0 Å². The lowest BCUT2D eigenvalue weighted by atomic mass is 9.96. The van der Waals surface area contributed by atoms with Crippen molar-refractivity contribution in [2.45, 2.75) is 37.5 Å². The van der Waals surface area contributed by atoms with Gasteiger partial charge in [0, 0.05) is 51.3 Å². The minimum atomic E-state index is -3.62. The van der Waals surface area contributed by atoms with E-state index < -0.39 is 10.0 Å². The van der Waals surface area contributed by atoms with Gasteiger partial charge in [0.1, 0.15) is 0 Å². The van der Waals surface area contributed by atoms with Crippen LogP contribution in [-0.4, -0.2) is 75.4 Å². The molecule has 8 nitrogen and oxygen atoms in total. The molecule has 1 aromatic rings. The fourth-order valence-electron chi connectivity index (χ4n) is 4.60. The summed E-state index contributed by atoms with van der Waals surface area (Å²) in [5.41, 5.74) is 1.71. The van der Waals surface area contributed by atoms with Crippen molar-refractivity contribution in [1.29, 1.82) is 0 Å². The maximum atomic E-state index is 13.2. The third-order valence-corrected chi connectivity index (χ3v) is 8.21. The van der Waals surface area contributed by atoms with E-state index in [1.54, 1.807) is 23.1 Å². The highest BCUT2D eigenvalue weighted by molar-refractivity contribution is 7.89. The number of ether oxygens (including phenoxy) is 1. The number of carbonyl (C=O) groups is 2. The Kier molecular flexibility index (Phi) is 6.13. The van der Waals surface area contributed by atoms with Gasteiger partial charge < -0.3 is 14.5 Å². The van der Waals surface area contributed by atoms with E-state index in [4.69, 9.17) is 4.74 Å². The number of rotatable bonds is 3. The molecule has 2 saturated heterocycles. The zero-order chi connectivity index (χ0) is 21.3. The first-order valence-electron chi connectivity index (χ1n) is 10.7. The summed E-state index contributed by atoms with van der Waals surface area (Å²) in [4.78, 5) is 28.4. The molecule has 30 heavy (non-hydrogen) atoms. The van der Waals surface area contributed by atoms with Crippen LogP contribution in [0.15, 0.2) is 23.1 Å². The van der Waals surface area contributed by atoms with Crippen molar-refractivity contribution < 1.29 is 22.7 Å². The van der Waals surface area contributed by atoms with E-state index in [9.17, 15) is 18.0 Å². The summed E-state index contributed by atoms with van der Waals surface area (Å²) in [6, 6.07) is 5.06. The normalized spacial score (nSPS) is 21.4. The molecule has 0 N–H and O–H groups in total. The molecule has 0 aromatic heterocycles. The second-order valence-electron chi connectivity index (χ2n) is 8.18. The van der Waals surface area contributed by atoms with E-state index in [0.29, 0.717) is 58.8 Å². The average Bonchev–Trinajstić information content (AvgIpc) is 2.78. The van der Waals surface area contributed by atoms with E-state index in [1.807, 2.05) is 4.90 Å². The molecule has 3 aliphatic rings. The number of aryl methyl sites for hydroxylation is 1. The molecule has 4 rings (SSSR count). The minimum Gasteiger partial charge on any atom is -0.378 e. The molecule has 2 amide bonds. The Bertz CT molecular complexity index is 919. The van der Waals surface area contributed by atoms with Crippen molar-refractivity contribution in [3.05, 3.63) is 23.8 Å². The Labute approximate surface area is 177 Å². The number of sulfonamides is 1. The van der Waals surface area contributed by atoms with Crippen molar-refractivity contribution in [3.8, 4) is 0 Å². The molecule has 164 valence electrons. The Morgan fingerprint density at radius 2 is 1.73 bits per heavy atom. The van der Waals surface area contributed by atoms with Gasteiger partial charge in [-0.1, -0.05) is 0 Å². The number of benzene rings is 1. The molecular weight excluding hydrogens is 406 g/mol. The van der Waals surface area contributed by atoms with Gasteiger partial charge >= 0.3 is 0 Å². The maximum Gasteiger partial charge on any atom is 0.243 e. The molecule has 3 heterocycles. The number of anilines is 1. The van der Waals surface area contributed by atoms with Crippen molar-refractivity contribution in [2.24, 2.45) is 5.92 Å². The summed E-state index contributed by atoms with van der Waals surface area (Å²) in [5.74, 6) is -0.0331. The number of carbonyl (C=O) groups excluding carboxylic acids is 2. The van der Waals surface area contributed by atoms with Gasteiger partial charge in [-0.05, 0) is 49.4 Å². The summed E-state index contributed by atoms with van der Waals surface area (Å²) in [5, 5.41) is 0. The van der Waals surface area contributed by atoms with Gasteiger partial charge in [-0.2, -0.15) is 4.31 Å². The van der Waals surface area contributed by atoms with Gasteiger partial charge in [-0.15, -0.1) is 0 Å². The quantitative estimate of drug-likeness (QED) is 0.713. The standard InChI is InChI=1S/C21H29N3O5S/c1-16(25)24-8-2-3-18-15-19(4-5-20(18)24)30(27,28)23-9-6-17(7-10-23)21(26)22-11-13-29-14-12-22/h4-5,15,17H,2-3,6-14H2,1H3. The highest BCUT2D eigenvalue weighted by atomic mass is 32.2. The average molecular weight is 436 g/mol. The number of hydrogen-bond donors (Lipinski definition) is 0. The van der Waals surface area contributed by atoms with Crippen LogP contribution in [0.4, 0.5) is 5.69 Å². The molecule has 0 spiro atoms. The van der Waals surface area contributed by atoms with Crippen LogP contribution in [-0.2, 0) is 30.8 Å². The Hall–Kier alpha value is -1.97. The minimum absolute atomic E-state index is 0.0291. The van der Waals surface area contributed by atoms with Crippen LogP contribution in [0.1, 0.15) is 31.7 Å². The molecule has 0 bridgehead atoms. The van der Waals surface area contributed by atoms with Crippen LogP contribution in [0.3, 0.4) is 0 Å². The number of piperidine rings is 1. The van der Waals surface area contributed by atoms with Crippen LogP contribution in [0.2, 0.25) is 0 Å². The zero-order valence-corrected chi connectivity index (χ0v) is 18.2. The molecule has 9 heteroatoms. The zero-order valence-electron chi connectivity index (χ0n) is 17.4.